The first-order valence-electron chi connectivity index (χ1n) is 4.74. The molecule has 0 saturated heterocycles. The van der Waals surface area contributed by atoms with Crippen molar-refractivity contribution in [2.24, 2.45) is 11.7 Å². The average Bonchev–Trinajstić information content (AvgIpc) is 2.12. The molecule has 1 aliphatic rings. The van der Waals surface area contributed by atoms with Gasteiger partial charge in [0.25, 0.3) is 0 Å². The summed E-state index contributed by atoms with van der Waals surface area (Å²) in [5, 5.41) is 3.37. The molecule has 3 N–H and O–H groups in total. The number of pyridine rings is 1. The Morgan fingerprint density at radius 3 is 2.69 bits per heavy atom. The summed E-state index contributed by atoms with van der Waals surface area (Å²) >= 11 is 0. The van der Waals surface area contributed by atoms with Crippen LogP contribution in [0.3, 0.4) is 0 Å². The minimum atomic E-state index is 0.448. The van der Waals surface area contributed by atoms with Gasteiger partial charge < -0.3 is 11.1 Å². The van der Waals surface area contributed by atoms with E-state index in [-0.39, 0.29) is 0 Å². The molecule has 1 aromatic heterocycles. The zero-order valence-electron chi connectivity index (χ0n) is 7.61. The van der Waals surface area contributed by atoms with Crippen molar-refractivity contribution < 1.29 is 0 Å². The van der Waals surface area contributed by atoms with Gasteiger partial charge in [0.1, 0.15) is 0 Å². The summed E-state index contributed by atoms with van der Waals surface area (Å²) in [6.07, 6.45) is 5.93. The van der Waals surface area contributed by atoms with Crippen molar-refractivity contribution in [3.05, 3.63) is 24.5 Å². The van der Waals surface area contributed by atoms with E-state index in [1.165, 1.54) is 0 Å². The first kappa shape index (κ1) is 8.51. The molecule has 1 fully saturated rings. The van der Waals surface area contributed by atoms with Crippen LogP contribution >= 0.6 is 0 Å². The van der Waals surface area contributed by atoms with Gasteiger partial charge in [0.15, 0.2) is 0 Å². The predicted molar refractivity (Wildman–Crippen MR) is 53.4 cm³/mol. The summed E-state index contributed by atoms with van der Waals surface area (Å²) in [6.45, 7) is 1.04. The lowest BCUT2D eigenvalue weighted by Gasteiger charge is -2.32. The van der Waals surface area contributed by atoms with Gasteiger partial charge >= 0.3 is 0 Å². The third-order valence-electron chi connectivity index (χ3n) is 2.55. The molecule has 0 aromatic carbocycles. The minimum Gasteiger partial charge on any atom is -0.385 e. The largest absolute Gasteiger partial charge is 0.385 e. The van der Waals surface area contributed by atoms with E-state index in [0.717, 1.165) is 31.0 Å². The van der Waals surface area contributed by atoms with Gasteiger partial charge in [-0.2, -0.15) is 0 Å². The number of hydrogen-bond acceptors (Lipinski definition) is 3. The number of hydrogen-bond donors (Lipinski definition) is 2. The van der Waals surface area contributed by atoms with Gasteiger partial charge in [-0.3, -0.25) is 4.98 Å². The highest BCUT2D eigenvalue weighted by molar-refractivity contribution is 5.40. The lowest BCUT2D eigenvalue weighted by molar-refractivity contribution is 0.280. The summed E-state index contributed by atoms with van der Waals surface area (Å²) in [6, 6.07) is 4.42. The van der Waals surface area contributed by atoms with Crippen LogP contribution in [0.25, 0.3) is 0 Å². The van der Waals surface area contributed by atoms with E-state index >= 15 is 0 Å². The lowest BCUT2D eigenvalue weighted by atomic mass is 9.81. The van der Waals surface area contributed by atoms with Crippen LogP contribution in [0.5, 0.6) is 0 Å². The van der Waals surface area contributed by atoms with Gasteiger partial charge in [-0.25, -0.2) is 0 Å². The second-order valence-corrected chi connectivity index (χ2v) is 3.71. The first-order valence-corrected chi connectivity index (χ1v) is 4.74. The number of nitrogens with zero attached hydrogens (tertiary/aromatic N) is 1. The lowest BCUT2D eigenvalue weighted by Crippen LogP contribution is -2.39. The molecule has 0 aliphatic heterocycles. The molecule has 3 heteroatoms. The molecule has 3 nitrogen and oxygen atoms in total. The quantitative estimate of drug-likeness (QED) is 0.730. The van der Waals surface area contributed by atoms with Crippen LogP contribution in [0.4, 0.5) is 5.69 Å². The second kappa shape index (κ2) is 3.75. The summed E-state index contributed by atoms with van der Waals surface area (Å²) in [7, 11) is 0. The SMILES string of the molecule is NC1CC(CNc2ccncc2)C1. The molecule has 70 valence electrons. The Morgan fingerprint density at radius 2 is 2.08 bits per heavy atom. The highest BCUT2D eigenvalue weighted by Gasteiger charge is 2.25. The molecule has 0 unspecified atom stereocenters. The van der Waals surface area contributed by atoms with Gasteiger partial charge in [-0.1, -0.05) is 0 Å². The van der Waals surface area contributed by atoms with Gasteiger partial charge in [0.2, 0.25) is 0 Å². The van der Waals surface area contributed by atoms with E-state index in [2.05, 4.69) is 10.3 Å². The minimum absolute atomic E-state index is 0.448. The van der Waals surface area contributed by atoms with Gasteiger partial charge in [-0.15, -0.1) is 0 Å². The molecule has 1 heterocycles. The van der Waals surface area contributed by atoms with Crippen LogP contribution in [0, 0.1) is 5.92 Å². The molecule has 0 spiro atoms. The van der Waals surface area contributed by atoms with Crippen LogP contribution in [-0.2, 0) is 0 Å². The third-order valence-corrected chi connectivity index (χ3v) is 2.55. The maximum atomic E-state index is 5.70. The topological polar surface area (TPSA) is 50.9 Å². The Hall–Kier alpha value is -1.09. The number of nitrogens with one attached hydrogen (secondary N) is 1. The molecular formula is C10H15N3. The third kappa shape index (κ3) is 2.18. The Labute approximate surface area is 78.4 Å². The molecule has 2 rings (SSSR count). The zero-order valence-corrected chi connectivity index (χ0v) is 7.61. The number of nitrogens with two attached hydrogens (primary N) is 1. The second-order valence-electron chi connectivity index (χ2n) is 3.71. The van der Waals surface area contributed by atoms with Gasteiger partial charge in [-0.05, 0) is 30.9 Å². The summed E-state index contributed by atoms with van der Waals surface area (Å²) in [4.78, 5) is 3.96. The Morgan fingerprint density at radius 1 is 1.38 bits per heavy atom. The summed E-state index contributed by atoms with van der Waals surface area (Å²) in [5.74, 6) is 0.767. The van der Waals surface area contributed by atoms with Crippen LogP contribution in [0.15, 0.2) is 24.5 Å². The predicted octanol–water partition coefficient (Wildman–Crippen LogP) is 1.23. The van der Waals surface area contributed by atoms with Crippen molar-refractivity contribution in [3.8, 4) is 0 Å². The van der Waals surface area contributed by atoms with Crippen molar-refractivity contribution in [2.45, 2.75) is 18.9 Å². The van der Waals surface area contributed by atoms with E-state index in [4.69, 9.17) is 5.73 Å². The molecule has 0 radical (unpaired) electrons. The normalized spacial score (nSPS) is 26.5. The van der Waals surface area contributed by atoms with Crippen molar-refractivity contribution in [3.63, 3.8) is 0 Å². The molecule has 0 amide bonds. The van der Waals surface area contributed by atoms with Crippen molar-refractivity contribution in [1.29, 1.82) is 0 Å². The average molecular weight is 177 g/mol. The highest BCUT2D eigenvalue weighted by atomic mass is 14.9. The molecule has 1 aromatic rings. The van der Waals surface area contributed by atoms with Gasteiger partial charge in [0, 0.05) is 30.7 Å². The van der Waals surface area contributed by atoms with Crippen molar-refractivity contribution >= 4 is 5.69 Å². The summed E-state index contributed by atoms with van der Waals surface area (Å²) < 4.78 is 0. The van der Waals surface area contributed by atoms with E-state index in [1.54, 1.807) is 12.4 Å². The van der Waals surface area contributed by atoms with E-state index < -0.39 is 0 Å². The van der Waals surface area contributed by atoms with Crippen molar-refractivity contribution in [2.75, 3.05) is 11.9 Å². The molecule has 13 heavy (non-hydrogen) atoms. The van der Waals surface area contributed by atoms with Crippen LogP contribution in [0.1, 0.15) is 12.8 Å². The number of aromatic nitrogens is 1. The number of rotatable bonds is 3. The Balaban J connectivity index is 1.74. The molecule has 0 bridgehead atoms. The Bertz CT molecular complexity index is 254. The first-order chi connectivity index (χ1) is 6.34. The highest BCUT2D eigenvalue weighted by Crippen LogP contribution is 2.25. The van der Waals surface area contributed by atoms with E-state index in [9.17, 15) is 0 Å². The fraction of sp³-hybridized carbons (Fsp3) is 0.500. The zero-order chi connectivity index (χ0) is 9.10. The maximum Gasteiger partial charge on any atom is 0.0371 e. The molecule has 1 aliphatic carbocycles. The smallest absolute Gasteiger partial charge is 0.0371 e. The van der Waals surface area contributed by atoms with E-state index in [1.807, 2.05) is 12.1 Å². The van der Waals surface area contributed by atoms with Crippen molar-refractivity contribution in [1.82, 2.24) is 4.98 Å². The molecule has 0 atom stereocenters. The number of anilines is 1. The standard InChI is InChI=1S/C10H15N3/c11-9-5-8(6-9)7-13-10-1-3-12-4-2-10/h1-4,8-9H,5-7,11H2,(H,12,13). The van der Waals surface area contributed by atoms with Crippen LogP contribution < -0.4 is 11.1 Å². The fourth-order valence-corrected chi connectivity index (χ4v) is 1.69. The van der Waals surface area contributed by atoms with Crippen LogP contribution in [-0.4, -0.2) is 17.6 Å². The molecular weight excluding hydrogens is 162 g/mol. The molecule has 1 saturated carbocycles. The van der Waals surface area contributed by atoms with Gasteiger partial charge in [0.05, 0.1) is 0 Å². The van der Waals surface area contributed by atoms with Crippen LogP contribution in [0.2, 0.25) is 0 Å². The summed E-state index contributed by atoms with van der Waals surface area (Å²) in [5.41, 5.74) is 6.85. The van der Waals surface area contributed by atoms with E-state index in [0.29, 0.717) is 6.04 Å². The monoisotopic (exact) mass is 177 g/mol. The Kier molecular flexibility index (Phi) is 2.45. The fourth-order valence-electron chi connectivity index (χ4n) is 1.69. The maximum absolute atomic E-state index is 5.70.